The van der Waals surface area contributed by atoms with E-state index in [0.717, 1.165) is 31.4 Å². The lowest BCUT2D eigenvalue weighted by Crippen LogP contribution is -2.35. The fraction of sp³-hybridized carbons (Fsp3) is 0.438. The molecule has 0 heterocycles. The third-order valence-corrected chi connectivity index (χ3v) is 3.28. The Bertz CT molecular complexity index is 527. The topological polar surface area (TPSA) is 70.6 Å². The van der Waals surface area contributed by atoms with Gasteiger partial charge in [-0.25, -0.2) is 5.43 Å². The van der Waals surface area contributed by atoms with Crippen molar-refractivity contribution in [2.24, 2.45) is 5.10 Å². The number of rotatable bonds is 8. The highest BCUT2D eigenvalue weighted by molar-refractivity contribution is 6.30. The SMILES string of the molecule is CCCCC/C(C)=N/NC(=O)CNC(=O)c1ccc(Cl)cc1. The standard InChI is InChI=1S/C16H22ClN3O2/c1-3-4-5-6-12(2)19-20-15(21)11-18-16(22)13-7-9-14(17)10-8-13/h7-10H,3-6,11H2,1-2H3,(H,18,22)(H,20,21)/b19-12+. The molecule has 6 heteroatoms. The molecule has 0 aliphatic heterocycles. The van der Waals surface area contributed by atoms with E-state index in [1.165, 1.54) is 0 Å². The summed E-state index contributed by atoms with van der Waals surface area (Å²) in [6.45, 7) is 3.90. The first-order chi connectivity index (χ1) is 10.5. The molecule has 0 saturated carbocycles. The minimum atomic E-state index is -0.350. The Labute approximate surface area is 136 Å². The highest BCUT2D eigenvalue weighted by Gasteiger charge is 2.07. The van der Waals surface area contributed by atoms with Crippen LogP contribution in [0.1, 0.15) is 49.9 Å². The zero-order chi connectivity index (χ0) is 16.4. The second kappa shape index (κ2) is 9.95. The fourth-order valence-corrected chi connectivity index (χ4v) is 1.87. The molecule has 1 rings (SSSR count). The number of carbonyl (C=O) groups is 2. The summed E-state index contributed by atoms with van der Waals surface area (Å²) in [7, 11) is 0. The van der Waals surface area contributed by atoms with E-state index in [1.54, 1.807) is 24.3 Å². The molecule has 0 radical (unpaired) electrons. The molecular formula is C16H22ClN3O2. The maximum Gasteiger partial charge on any atom is 0.259 e. The number of amides is 2. The van der Waals surface area contributed by atoms with Gasteiger partial charge in [-0.15, -0.1) is 0 Å². The molecule has 2 amide bonds. The van der Waals surface area contributed by atoms with Crippen LogP contribution in [0.2, 0.25) is 5.02 Å². The van der Waals surface area contributed by atoms with Crippen LogP contribution in [-0.2, 0) is 4.79 Å². The summed E-state index contributed by atoms with van der Waals surface area (Å²) in [4.78, 5) is 23.4. The molecule has 0 aromatic heterocycles. The van der Waals surface area contributed by atoms with Gasteiger partial charge in [-0.1, -0.05) is 31.4 Å². The van der Waals surface area contributed by atoms with Crippen LogP contribution < -0.4 is 10.7 Å². The second-order valence-corrected chi connectivity index (χ2v) is 5.47. The van der Waals surface area contributed by atoms with Gasteiger partial charge in [0.25, 0.3) is 11.8 Å². The van der Waals surface area contributed by atoms with Gasteiger partial charge in [0.2, 0.25) is 0 Å². The third kappa shape index (κ3) is 7.22. The quantitative estimate of drug-likeness (QED) is 0.438. The molecule has 5 nitrogen and oxygen atoms in total. The zero-order valence-electron chi connectivity index (χ0n) is 13.0. The van der Waals surface area contributed by atoms with Gasteiger partial charge in [0, 0.05) is 16.3 Å². The van der Waals surface area contributed by atoms with Crippen molar-refractivity contribution in [3.05, 3.63) is 34.9 Å². The first-order valence-corrected chi connectivity index (χ1v) is 7.76. The van der Waals surface area contributed by atoms with E-state index in [9.17, 15) is 9.59 Å². The smallest absolute Gasteiger partial charge is 0.259 e. The predicted molar refractivity (Wildman–Crippen MR) is 89.2 cm³/mol. The molecular weight excluding hydrogens is 302 g/mol. The third-order valence-electron chi connectivity index (χ3n) is 3.03. The van der Waals surface area contributed by atoms with Crippen LogP contribution in [0.15, 0.2) is 29.4 Å². The van der Waals surface area contributed by atoms with E-state index in [4.69, 9.17) is 11.6 Å². The molecule has 0 aliphatic carbocycles. The highest BCUT2D eigenvalue weighted by Crippen LogP contribution is 2.09. The van der Waals surface area contributed by atoms with Crippen molar-refractivity contribution in [3.8, 4) is 0 Å². The van der Waals surface area contributed by atoms with Crippen molar-refractivity contribution >= 4 is 29.1 Å². The number of hydrogen-bond acceptors (Lipinski definition) is 3. The Morgan fingerprint density at radius 2 is 1.86 bits per heavy atom. The maximum absolute atomic E-state index is 11.8. The van der Waals surface area contributed by atoms with E-state index in [-0.39, 0.29) is 18.4 Å². The van der Waals surface area contributed by atoms with Crippen molar-refractivity contribution in [3.63, 3.8) is 0 Å². The van der Waals surface area contributed by atoms with Gasteiger partial charge in [-0.2, -0.15) is 5.10 Å². The van der Waals surface area contributed by atoms with Crippen molar-refractivity contribution in [2.75, 3.05) is 6.54 Å². The van der Waals surface area contributed by atoms with Gasteiger partial charge in [0.15, 0.2) is 0 Å². The zero-order valence-corrected chi connectivity index (χ0v) is 13.7. The molecule has 0 bridgehead atoms. The molecule has 1 aromatic carbocycles. The predicted octanol–water partition coefficient (Wildman–Crippen LogP) is 3.14. The summed E-state index contributed by atoms with van der Waals surface area (Å²) in [5, 5.41) is 7.10. The van der Waals surface area contributed by atoms with Crippen molar-refractivity contribution in [1.29, 1.82) is 0 Å². The summed E-state index contributed by atoms with van der Waals surface area (Å²) < 4.78 is 0. The first-order valence-electron chi connectivity index (χ1n) is 7.38. The Kier molecular flexibility index (Phi) is 8.22. The lowest BCUT2D eigenvalue weighted by atomic mass is 10.1. The van der Waals surface area contributed by atoms with Gasteiger partial charge in [-0.3, -0.25) is 9.59 Å². The minimum Gasteiger partial charge on any atom is -0.343 e. The van der Waals surface area contributed by atoms with Gasteiger partial charge in [0.05, 0.1) is 6.54 Å². The number of hydrogen-bond donors (Lipinski definition) is 2. The summed E-state index contributed by atoms with van der Waals surface area (Å²) in [6, 6.07) is 6.46. The summed E-state index contributed by atoms with van der Waals surface area (Å²) in [6.07, 6.45) is 4.23. The van der Waals surface area contributed by atoms with E-state index < -0.39 is 0 Å². The lowest BCUT2D eigenvalue weighted by molar-refractivity contribution is -0.120. The van der Waals surface area contributed by atoms with E-state index in [1.807, 2.05) is 6.92 Å². The van der Waals surface area contributed by atoms with Crippen LogP contribution in [0.3, 0.4) is 0 Å². The summed E-state index contributed by atoms with van der Waals surface area (Å²) >= 11 is 5.75. The van der Waals surface area contributed by atoms with Crippen LogP contribution in [-0.4, -0.2) is 24.1 Å². The second-order valence-electron chi connectivity index (χ2n) is 5.03. The highest BCUT2D eigenvalue weighted by atomic mass is 35.5. The summed E-state index contributed by atoms with van der Waals surface area (Å²) in [5.74, 6) is -0.674. The molecule has 0 aliphatic rings. The van der Waals surface area contributed by atoms with Crippen molar-refractivity contribution < 1.29 is 9.59 Å². The largest absolute Gasteiger partial charge is 0.343 e. The number of halogens is 1. The molecule has 2 N–H and O–H groups in total. The Morgan fingerprint density at radius 1 is 1.18 bits per heavy atom. The normalized spacial score (nSPS) is 11.1. The number of unbranched alkanes of at least 4 members (excludes halogenated alkanes) is 2. The van der Waals surface area contributed by atoms with Crippen molar-refractivity contribution in [1.82, 2.24) is 10.7 Å². The van der Waals surface area contributed by atoms with E-state index in [0.29, 0.717) is 10.6 Å². The fourth-order valence-electron chi connectivity index (χ4n) is 1.75. The molecule has 0 fully saturated rings. The molecule has 0 spiro atoms. The monoisotopic (exact) mass is 323 g/mol. The number of nitrogens with one attached hydrogen (secondary N) is 2. The van der Waals surface area contributed by atoms with Crippen molar-refractivity contribution in [2.45, 2.75) is 39.5 Å². The number of benzene rings is 1. The van der Waals surface area contributed by atoms with Crippen LogP contribution in [0.25, 0.3) is 0 Å². The van der Waals surface area contributed by atoms with E-state index >= 15 is 0 Å². The molecule has 22 heavy (non-hydrogen) atoms. The molecule has 0 unspecified atom stereocenters. The van der Waals surface area contributed by atoms with Gasteiger partial charge < -0.3 is 5.32 Å². The number of nitrogens with zero attached hydrogens (tertiary/aromatic N) is 1. The van der Waals surface area contributed by atoms with Crippen LogP contribution in [0.4, 0.5) is 0 Å². The van der Waals surface area contributed by atoms with Crippen LogP contribution in [0.5, 0.6) is 0 Å². The maximum atomic E-state index is 11.8. The average Bonchev–Trinajstić information content (AvgIpc) is 2.51. The Balaban J connectivity index is 2.32. The number of carbonyl (C=O) groups excluding carboxylic acids is 2. The number of hydrazone groups is 1. The lowest BCUT2D eigenvalue weighted by Gasteiger charge is -2.05. The first kappa shape index (κ1) is 18.2. The summed E-state index contributed by atoms with van der Waals surface area (Å²) in [5.41, 5.74) is 3.77. The van der Waals surface area contributed by atoms with Crippen LogP contribution in [0, 0.1) is 0 Å². The molecule has 0 saturated heterocycles. The van der Waals surface area contributed by atoms with Crippen LogP contribution >= 0.6 is 11.6 Å². The van der Waals surface area contributed by atoms with Gasteiger partial charge >= 0.3 is 0 Å². The molecule has 1 aromatic rings. The Morgan fingerprint density at radius 3 is 2.50 bits per heavy atom. The minimum absolute atomic E-state index is 0.118. The average molecular weight is 324 g/mol. The Hall–Kier alpha value is -1.88. The van der Waals surface area contributed by atoms with E-state index in [2.05, 4.69) is 22.8 Å². The molecule has 0 atom stereocenters. The van der Waals surface area contributed by atoms with Gasteiger partial charge in [0.1, 0.15) is 0 Å². The van der Waals surface area contributed by atoms with Gasteiger partial charge in [-0.05, 0) is 44.0 Å². The molecule has 120 valence electrons.